The fraction of sp³-hybridized carbons (Fsp3) is 0.278. The zero-order valence-electron chi connectivity index (χ0n) is 12.9. The van der Waals surface area contributed by atoms with Crippen molar-refractivity contribution in [3.63, 3.8) is 0 Å². The summed E-state index contributed by atoms with van der Waals surface area (Å²) in [6, 6.07) is 18.8. The van der Waals surface area contributed by atoms with E-state index in [1.54, 1.807) is 6.92 Å². The van der Waals surface area contributed by atoms with Crippen LogP contribution in [0, 0.1) is 0 Å². The second-order valence-corrected chi connectivity index (χ2v) is 8.55. The summed E-state index contributed by atoms with van der Waals surface area (Å²) in [5, 5.41) is 0. The van der Waals surface area contributed by atoms with Crippen molar-refractivity contribution in [2.75, 3.05) is 11.5 Å². The zero-order valence-corrected chi connectivity index (χ0v) is 13.7. The highest BCUT2D eigenvalue weighted by Crippen LogP contribution is 2.54. The Hall–Kier alpha value is -1.74. The largest absolute Gasteiger partial charge is 0.314 e. The first-order valence-electron chi connectivity index (χ1n) is 7.34. The molecule has 1 amide bonds. The van der Waals surface area contributed by atoms with Crippen molar-refractivity contribution in [2.45, 2.75) is 25.7 Å². The maximum absolute atomic E-state index is 11.7. The summed E-state index contributed by atoms with van der Waals surface area (Å²) in [4.78, 5) is 13.0. The van der Waals surface area contributed by atoms with E-state index in [1.807, 2.05) is 6.07 Å². The van der Waals surface area contributed by atoms with E-state index in [1.165, 1.54) is 16.0 Å². The molecule has 0 aromatic heterocycles. The van der Waals surface area contributed by atoms with Gasteiger partial charge in [0, 0.05) is 11.8 Å². The molecule has 0 aliphatic rings. The van der Waals surface area contributed by atoms with E-state index in [0.29, 0.717) is 0 Å². The van der Waals surface area contributed by atoms with Crippen LogP contribution in [-0.4, -0.2) is 17.4 Å². The molecule has 3 heteroatoms. The lowest BCUT2D eigenvalue weighted by atomic mass is 10.1. The summed E-state index contributed by atoms with van der Waals surface area (Å²) in [7, 11) is -1.33. The molecular weight excluding hydrogens is 278 g/mol. The highest BCUT2D eigenvalue weighted by atomic mass is 32.3. The molecule has 2 rings (SSSR count). The van der Waals surface area contributed by atoms with Crippen LogP contribution in [0.25, 0.3) is 11.1 Å². The van der Waals surface area contributed by atoms with Gasteiger partial charge in [-0.1, -0.05) is 62.4 Å². The van der Waals surface area contributed by atoms with Gasteiger partial charge in [-0.15, -0.1) is 10.2 Å². The van der Waals surface area contributed by atoms with Crippen LogP contribution in [0.4, 0.5) is 0 Å². The van der Waals surface area contributed by atoms with E-state index in [-0.39, 0.29) is 5.91 Å². The summed E-state index contributed by atoms with van der Waals surface area (Å²) >= 11 is 0. The number of hydrogen-bond acceptors (Lipinski definition) is 1. The molecule has 1 N–H and O–H groups in total. The highest BCUT2D eigenvalue weighted by Gasteiger charge is 2.26. The third kappa shape index (κ3) is 3.30. The first kappa shape index (κ1) is 15.6. The van der Waals surface area contributed by atoms with Crippen LogP contribution >= 0.6 is 10.2 Å². The van der Waals surface area contributed by atoms with Gasteiger partial charge < -0.3 is 4.72 Å². The van der Waals surface area contributed by atoms with E-state index in [2.05, 4.69) is 67.1 Å². The smallest absolute Gasteiger partial charge is 0.225 e. The minimum atomic E-state index is -1.33. The molecule has 2 aromatic carbocycles. The fourth-order valence-corrected chi connectivity index (χ4v) is 5.58. The molecule has 0 unspecified atom stereocenters. The number of amides is 1. The first-order chi connectivity index (χ1) is 10.1. The quantitative estimate of drug-likeness (QED) is 0.858. The van der Waals surface area contributed by atoms with Crippen molar-refractivity contribution in [3.05, 3.63) is 54.6 Å². The van der Waals surface area contributed by atoms with Gasteiger partial charge in [-0.3, -0.25) is 4.79 Å². The van der Waals surface area contributed by atoms with Crippen LogP contribution in [0.5, 0.6) is 0 Å². The molecule has 0 saturated heterocycles. The average Bonchev–Trinajstić information content (AvgIpc) is 2.53. The van der Waals surface area contributed by atoms with Crippen molar-refractivity contribution >= 4 is 16.1 Å². The van der Waals surface area contributed by atoms with E-state index in [9.17, 15) is 4.79 Å². The predicted molar refractivity (Wildman–Crippen MR) is 92.6 cm³/mol. The molecule has 21 heavy (non-hydrogen) atoms. The number of hydrogen-bond donors (Lipinski definition) is 1. The van der Waals surface area contributed by atoms with Gasteiger partial charge in [0.05, 0.1) is 0 Å². The van der Waals surface area contributed by atoms with Crippen LogP contribution in [-0.2, 0) is 4.79 Å². The molecule has 0 fully saturated rings. The molecule has 0 heterocycles. The number of rotatable bonds is 5. The van der Waals surface area contributed by atoms with Gasteiger partial charge in [-0.25, -0.2) is 0 Å². The highest BCUT2D eigenvalue weighted by molar-refractivity contribution is 8.32. The number of benzene rings is 2. The first-order valence-corrected chi connectivity index (χ1v) is 9.31. The average molecular weight is 301 g/mol. The molecule has 2 nitrogen and oxygen atoms in total. The van der Waals surface area contributed by atoms with Gasteiger partial charge in [0.25, 0.3) is 0 Å². The van der Waals surface area contributed by atoms with E-state index >= 15 is 0 Å². The third-order valence-corrected chi connectivity index (χ3v) is 7.56. The lowest BCUT2D eigenvalue weighted by Gasteiger charge is -2.40. The molecule has 0 bridgehead atoms. The van der Waals surface area contributed by atoms with Crippen molar-refractivity contribution in [2.24, 2.45) is 0 Å². The second-order valence-electron chi connectivity index (χ2n) is 4.98. The number of carbonyl (C=O) groups is 1. The summed E-state index contributed by atoms with van der Waals surface area (Å²) in [6.45, 7) is 5.94. The van der Waals surface area contributed by atoms with Crippen molar-refractivity contribution in [1.29, 1.82) is 0 Å². The Morgan fingerprint density at radius 1 is 0.952 bits per heavy atom. The van der Waals surface area contributed by atoms with Crippen molar-refractivity contribution < 1.29 is 4.79 Å². The van der Waals surface area contributed by atoms with Gasteiger partial charge in [0.15, 0.2) is 0 Å². The predicted octanol–water partition coefficient (Wildman–Crippen LogP) is 4.61. The summed E-state index contributed by atoms with van der Waals surface area (Å²) < 4.78 is 3.26. The minimum Gasteiger partial charge on any atom is -0.314 e. The lowest BCUT2D eigenvalue weighted by molar-refractivity contribution is -0.117. The van der Waals surface area contributed by atoms with Crippen LogP contribution in [0.2, 0.25) is 0 Å². The van der Waals surface area contributed by atoms with Crippen LogP contribution in [0.3, 0.4) is 0 Å². The second kappa shape index (κ2) is 6.81. The SMILES string of the molecule is CCS(CC)(NC(C)=O)c1ccccc1-c1ccccc1. The summed E-state index contributed by atoms with van der Waals surface area (Å²) in [6.07, 6.45) is 0. The Morgan fingerprint density at radius 2 is 1.52 bits per heavy atom. The number of nitrogens with one attached hydrogen (secondary N) is 1. The summed E-state index contributed by atoms with van der Waals surface area (Å²) in [5.74, 6) is 1.96. The molecule has 0 spiro atoms. The van der Waals surface area contributed by atoms with Gasteiger partial charge in [0.2, 0.25) is 5.91 Å². The summed E-state index contributed by atoms with van der Waals surface area (Å²) in [5.41, 5.74) is 2.43. The fourth-order valence-electron chi connectivity index (χ4n) is 2.65. The maximum Gasteiger partial charge on any atom is 0.225 e. The van der Waals surface area contributed by atoms with Crippen LogP contribution in [0.15, 0.2) is 59.5 Å². The third-order valence-electron chi connectivity index (χ3n) is 3.72. The maximum atomic E-state index is 11.7. The van der Waals surface area contributed by atoms with Gasteiger partial charge in [-0.05, 0) is 28.7 Å². The molecule has 0 radical (unpaired) electrons. The molecule has 112 valence electrons. The minimum absolute atomic E-state index is 0.0524. The van der Waals surface area contributed by atoms with E-state index < -0.39 is 10.2 Å². The molecule has 0 saturated carbocycles. The lowest BCUT2D eigenvalue weighted by Crippen LogP contribution is -2.29. The monoisotopic (exact) mass is 301 g/mol. The molecule has 0 aliphatic heterocycles. The van der Waals surface area contributed by atoms with Gasteiger partial charge in [0.1, 0.15) is 0 Å². The molecule has 0 aliphatic carbocycles. The zero-order chi connectivity index (χ0) is 15.3. The standard InChI is InChI=1S/C18H23NOS/c1-4-21(5-2,19-15(3)20)18-14-10-9-13-17(18)16-11-7-6-8-12-16/h6-14H,4-5H2,1-3H3,(H,19,20). The Labute approximate surface area is 129 Å². The van der Waals surface area contributed by atoms with Gasteiger partial charge in [-0.2, -0.15) is 0 Å². The van der Waals surface area contributed by atoms with Crippen molar-refractivity contribution in [1.82, 2.24) is 4.72 Å². The molecule has 0 atom stereocenters. The Balaban J connectivity index is 2.59. The van der Waals surface area contributed by atoms with Crippen molar-refractivity contribution in [3.8, 4) is 11.1 Å². The van der Waals surface area contributed by atoms with E-state index in [0.717, 1.165) is 11.5 Å². The molecular formula is C18H23NOS. The van der Waals surface area contributed by atoms with E-state index in [4.69, 9.17) is 0 Å². The normalized spacial score (nSPS) is 12.0. The van der Waals surface area contributed by atoms with Crippen LogP contribution < -0.4 is 4.72 Å². The number of carbonyl (C=O) groups excluding carboxylic acids is 1. The van der Waals surface area contributed by atoms with Crippen LogP contribution in [0.1, 0.15) is 20.8 Å². The molecule has 2 aromatic rings. The topological polar surface area (TPSA) is 29.1 Å². The Bertz CT molecular complexity index is 606. The Kier molecular flexibility index (Phi) is 5.07. The Morgan fingerprint density at radius 3 is 2.10 bits per heavy atom. The van der Waals surface area contributed by atoms with Gasteiger partial charge >= 0.3 is 0 Å².